The number of rotatable bonds is 10. The molecule has 2 aromatic rings. The van der Waals surface area contributed by atoms with Crippen LogP contribution in [0.15, 0.2) is 57.0 Å². The maximum Gasteiger partial charge on any atom is 0.238 e. The summed E-state index contributed by atoms with van der Waals surface area (Å²) in [5.41, 5.74) is 0.890. The van der Waals surface area contributed by atoms with Crippen LogP contribution in [0.2, 0.25) is 0 Å². The first-order valence-corrected chi connectivity index (χ1v) is 10.3. The van der Waals surface area contributed by atoms with Crippen LogP contribution in [0.4, 0.5) is 0 Å². The van der Waals surface area contributed by atoms with Gasteiger partial charge in [-0.05, 0) is 43.2 Å². The van der Waals surface area contributed by atoms with Gasteiger partial charge in [-0.15, -0.1) is 24.0 Å². The predicted octanol–water partition coefficient (Wildman–Crippen LogP) is 2.21. The van der Waals surface area contributed by atoms with E-state index in [4.69, 9.17) is 14.3 Å². The highest BCUT2D eigenvalue weighted by atomic mass is 127. The zero-order valence-corrected chi connectivity index (χ0v) is 18.9. The molecule has 1 heterocycles. The van der Waals surface area contributed by atoms with E-state index in [2.05, 4.69) is 15.6 Å². The first kappa shape index (κ1) is 24.4. The summed E-state index contributed by atoms with van der Waals surface area (Å²) in [5.74, 6) is 1.50. The Morgan fingerprint density at radius 1 is 1.21 bits per heavy atom. The fourth-order valence-electron chi connectivity index (χ4n) is 2.25. The maximum absolute atomic E-state index is 11.3. The average molecular weight is 522 g/mol. The monoisotopic (exact) mass is 522 g/mol. The van der Waals surface area contributed by atoms with E-state index in [0.29, 0.717) is 32.3 Å². The predicted molar refractivity (Wildman–Crippen MR) is 119 cm³/mol. The highest BCUT2D eigenvalue weighted by molar-refractivity contribution is 14.0. The largest absolute Gasteiger partial charge is 0.467 e. The topological polar surface area (TPSA) is 119 Å². The number of nitrogens with zero attached hydrogens (tertiary/aromatic N) is 1. The van der Waals surface area contributed by atoms with E-state index in [9.17, 15) is 8.42 Å². The first-order chi connectivity index (χ1) is 13.0. The van der Waals surface area contributed by atoms with Crippen LogP contribution >= 0.6 is 24.0 Å². The normalized spacial score (nSPS) is 11.7. The standard InChI is InChI=1S/C18H26N4O4S.HI/c1-2-20-18(21-10-4-11-25-14-16-5-3-12-26-16)22-13-15-6-8-17(9-7-15)27(19,23)24;/h3,5-9,12H,2,4,10-11,13-14H2,1H3,(H2,19,23,24)(H2,20,21,22);1H. The van der Waals surface area contributed by atoms with Gasteiger partial charge in [-0.3, -0.25) is 0 Å². The molecule has 0 amide bonds. The minimum absolute atomic E-state index is 0. The molecule has 0 radical (unpaired) electrons. The summed E-state index contributed by atoms with van der Waals surface area (Å²) >= 11 is 0. The number of furan rings is 1. The fraction of sp³-hybridized carbons (Fsp3) is 0.389. The Labute approximate surface area is 183 Å². The van der Waals surface area contributed by atoms with Crippen molar-refractivity contribution >= 4 is 40.0 Å². The molecule has 0 unspecified atom stereocenters. The number of ether oxygens (including phenoxy) is 1. The number of hydrogen-bond acceptors (Lipinski definition) is 5. The van der Waals surface area contributed by atoms with E-state index in [1.165, 1.54) is 12.1 Å². The van der Waals surface area contributed by atoms with E-state index >= 15 is 0 Å². The van der Waals surface area contributed by atoms with Gasteiger partial charge in [-0.1, -0.05) is 12.1 Å². The van der Waals surface area contributed by atoms with Gasteiger partial charge in [0.2, 0.25) is 10.0 Å². The molecule has 0 aliphatic rings. The van der Waals surface area contributed by atoms with E-state index in [-0.39, 0.29) is 28.9 Å². The van der Waals surface area contributed by atoms with Crippen LogP contribution in [0, 0.1) is 0 Å². The third-order valence-electron chi connectivity index (χ3n) is 3.60. The number of hydrogen-bond donors (Lipinski definition) is 3. The minimum atomic E-state index is -3.67. The van der Waals surface area contributed by atoms with Crippen LogP contribution < -0.4 is 15.8 Å². The van der Waals surface area contributed by atoms with Crippen LogP contribution in [0.5, 0.6) is 0 Å². The third kappa shape index (κ3) is 9.04. The van der Waals surface area contributed by atoms with Gasteiger partial charge in [0.1, 0.15) is 12.4 Å². The maximum atomic E-state index is 11.3. The molecular formula is C18H27IN4O4S. The molecule has 10 heteroatoms. The molecule has 0 bridgehead atoms. The highest BCUT2D eigenvalue weighted by Crippen LogP contribution is 2.09. The summed E-state index contributed by atoms with van der Waals surface area (Å²) in [6.45, 7) is 4.96. The Bertz CT molecular complexity index is 809. The molecule has 0 spiro atoms. The summed E-state index contributed by atoms with van der Waals surface area (Å²) in [5, 5.41) is 11.5. The van der Waals surface area contributed by atoms with Crippen LogP contribution in [-0.2, 0) is 27.9 Å². The number of benzene rings is 1. The number of nitrogens with two attached hydrogens (primary N) is 1. The van der Waals surface area contributed by atoms with Crippen molar-refractivity contribution in [2.45, 2.75) is 31.4 Å². The lowest BCUT2D eigenvalue weighted by Gasteiger charge is -2.11. The molecule has 8 nitrogen and oxygen atoms in total. The first-order valence-electron chi connectivity index (χ1n) is 8.73. The molecule has 2 rings (SSSR count). The zero-order valence-electron chi connectivity index (χ0n) is 15.8. The summed E-state index contributed by atoms with van der Waals surface area (Å²) < 4.78 is 33.3. The minimum Gasteiger partial charge on any atom is -0.467 e. The quantitative estimate of drug-likeness (QED) is 0.191. The van der Waals surface area contributed by atoms with Crippen LogP contribution in [0.3, 0.4) is 0 Å². The summed E-state index contributed by atoms with van der Waals surface area (Å²) in [6, 6.07) is 10.1. The van der Waals surface area contributed by atoms with Crippen LogP contribution in [0.25, 0.3) is 0 Å². The molecule has 0 saturated heterocycles. The Morgan fingerprint density at radius 2 is 1.96 bits per heavy atom. The number of sulfonamides is 1. The molecule has 0 aliphatic heterocycles. The second-order valence-corrected chi connectivity index (χ2v) is 7.36. The molecular weight excluding hydrogens is 495 g/mol. The van der Waals surface area contributed by atoms with E-state index in [1.54, 1.807) is 18.4 Å². The van der Waals surface area contributed by atoms with Crippen molar-refractivity contribution in [3.05, 3.63) is 54.0 Å². The lowest BCUT2D eigenvalue weighted by atomic mass is 10.2. The molecule has 0 saturated carbocycles. The Hall–Kier alpha value is -1.63. The number of guanidine groups is 1. The number of nitrogens with one attached hydrogen (secondary N) is 2. The lowest BCUT2D eigenvalue weighted by molar-refractivity contribution is 0.105. The van der Waals surface area contributed by atoms with Crippen molar-refractivity contribution in [3.63, 3.8) is 0 Å². The van der Waals surface area contributed by atoms with E-state index in [1.807, 2.05) is 19.1 Å². The zero-order chi connectivity index (χ0) is 19.5. The highest BCUT2D eigenvalue weighted by Gasteiger charge is 2.06. The van der Waals surface area contributed by atoms with E-state index in [0.717, 1.165) is 24.3 Å². The fourth-order valence-corrected chi connectivity index (χ4v) is 2.76. The van der Waals surface area contributed by atoms with Gasteiger partial charge >= 0.3 is 0 Å². The summed E-state index contributed by atoms with van der Waals surface area (Å²) in [4.78, 5) is 4.58. The second kappa shape index (κ2) is 12.8. The smallest absolute Gasteiger partial charge is 0.238 e. The van der Waals surface area contributed by atoms with Crippen LogP contribution in [-0.4, -0.2) is 34.1 Å². The Morgan fingerprint density at radius 3 is 2.57 bits per heavy atom. The summed E-state index contributed by atoms with van der Waals surface area (Å²) in [7, 11) is -3.67. The SMILES string of the molecule is CCNC(=NCc1ccc(S(N)(=O)=O)cc1)NCCCOCc1ccco1.I. The van der Waals surface area contributed by atoms with E-state index < -0.39 is 10.0 Å². The number of aliphatic imine (C=N–C) groups is 1. The van der Waals surface area contributed by atoms with Gasteiger partial charge in [0, 0.05) is 19.7 Å². The molecule has 0 atom stereocenters. The number of halogens is 1. The molecule has 4 N–H and O–H groups in total. The van der Waals surface area contributed by atoms with Gasteiger partial charge in [0.25, 0.3) is 0 Å². The van der Waals surface area contributed by atoms with Gasteiger partial charge < -0.3 is 19.8 Å². The van der Waals surface area contributed by atoms with Crippen molar-refractivity contribution < 1.29 is 17.6 Å². The molecule has 0 fully saturated rings. The van der Waals surface area contributed by atoms with Crippen molar-refractivity contribution in [1.29, 1.82) is 0 Å². The second-order valence-electron chi connectivity index (χ2n) is 5.80. The van der Waals surface area contributed by atoms with Gasteiger partial charge in [0.15, 0.2) is 5.96 Å². The van der Waals surface area contributed by atoms with Crippen molar-refractivity contribution in [2.24, 2.45) is 10.1 Å². The van der Waals surface area contributed by atoms with Gasteiger partial charge in [-0.25, -0.2) is 18.5 Å². The molecule has 156 valence electrons. The molecule has 0 aliphatic carbocycles. The van der Waals surface area contributed by atoms with Crippen molar-refractivity contribution in [3.8, 4) is 0 Å². The average Bonchev–Trinajstić information content (AvgIpc) is 3.15. The number of primary sulfonamides is 1. The van der Waals surface area contributed by atoms with Crippen molar-refractivity contribution in [1.82, 2.24) is 10.6 Å². The molecule has 1 aromatic heterocycles. The van der Waals surface area contributed by atoms with Gasteiger partial charge in [-0.2, -0.15) is 0 Å². The van der Waals surface area contributed by atoms with Crippen molar-refractivity contribution in [2.75, 3.05) is 19.7 Å². The lowest BCUT2D eigenvalue weighted by Crippen LogP contribution is -2.38. The Balaban J connectivity index is 0.00000392. The van der Waals surface area contributed by atoms with Gasteiger partial charge in [0.05, 0.1) is 17.7 Å². The van der Waals surface area contributed by atoms with Crippen LogP contribution in [0.1, 0.15) is 24.7 Å². The molecule has 1 aromatic carbocycles. The summed E-state index contributed by atoms with van der Waals surface area (Å²) in [6.07, 6.45) is 2.45. The molecule has 28 heavy (non-hydrogen) atoms. The third-order valence-corrected chi connectivity index (χ3v) is 4.53. The Kier molecular flexibility index (Phi) is 11.1.